The minimum atomic E-state index is -0.718. The molecule has 2 fully saturated rings. The van der Waals surface area contributed by atoms with Crippen molar-refractivity contribution in [2.75, 3.05) is 6.54 Å². The summed E-state index contributed by atoms with van der Waals surface area (Å²) in [5, 5.41) is 11.6. The maximum Gasteiger partial charge on any atom is 0.303 e. The molecule has 0 aromatic heterocycles. The van der Waals surface area contributed by atoms with Crippen LogP contribution in [0.25, 0.3) is 0 Å². The normalized spacial score (nSPS) is 18.6. The number of amides is 1. The van der Waals surface area contributed by atoms with Crippen molar-refractivity contribution in [3.8, 4) is 0 Å². The fourth-order valence-corrected chi connectivity index (χ4v) is 2.81. The summed E-state index contributed by atoms with van der Waals surface area (Å²) in [6, 6.07) is 0. The second-order valence-electron chi connectivity index (χ2n) is 6.05. The number of carbonyl (C=O) groups is 2. The summed E-state index contributed by atoms with van der Waals surface area (Å²) in [5.74, 6) is 1.19. The molecule has 0 radical (unpaired) electrons. The number of carboxylic acids is 1. The Hall–Kier alpha value is -1.06. The van der Waals surface area contributed by atoms with Gasteiger partial charge in [0.2, 0.25) is 5.91 Å². The molecular formula is C15H25NO3. The van der Waals surface area contributed by atoms with Gasteiger partial charge < -0.3 is 10.4 Å². The van der Waals surface area contributed by atoms with E-state index in [0.29, 0.717) is 17.8 Å². The second kappa shape index (κ2) is 6.92. The first kappa shape index (κ1) is 14.4. The lowest BCUT2D eigenvalue weighted by Crippen LogP contribution is -2.33. The summed E-state index contributed by atoms with van der Waals surface area (Å²) in [6.45, 7) is 0.752. The highest BCUT2D eigenvalue weighted by atomic mass is 16.4. The lowest BCUT2D eigenvalue weighted by Gasteiger charge is -2.15. The Morgan fingerprint density at radius 1 is 1.00 bits per heavy atom. The van der Waals surface area contributed by atoms with Crippen molar-refractivity contribution < 1.29 is 14.7 Å². The topological polar surface area (TPSA) is 66.4 Å². The Morgan fingerprint density at radius 3 is 2.11 bits per heavy atom. The van der Waals surface area contributed by atoms with E-state index in [-0.39, 0.29) is 12.3 Å². The van der Waals surface area contributed by atoms with E-state index in [1.165, 1.54) is 25.7 Å². The van der Waals surface area contributed by atoms with Gasteiger partial charge in [-0.25, -0.2) is 0 Å². The van der Waals surface area contributed by atoms with Crippen LogP contribution in [0.15, 0.2) is 0 Å². The molecule has 0 spiro atoms. The predicted octanol–water partition coefficient (Wildman–Crippen LogP) is 2.57. The highest BCUT2D eigenvalue weighted by Crippen LogP contribution is 2.49. The molecule has 0 aliphatic heterocycles. The van der Waals surface area contributed by atoms with Crippen molar-refractivity contribution in [3.63, 3.8) is 0 Å². The summed E-state index contributed by atoms with van der Waals surface area (Å²) >= 11 is 0. The molecular weight excluding hydrogens is 242 g/mol. The standard InChI is InChI=1S/C15H25NO3/c17-13(18)5-3-1-2-4-10-16-15(19)14(11-6-7-11)12-8-9-12/h11-12,14H,1-10H2,(H,16,19)(H,17,18). The Bertz CT molecular complexity index is 309. The van der Waals surface area contributed by atoms with Crippen LogP contribution in [0.3, 0.4) is 0 Å². The van der Waals surface area contributed by atoms with Gasteiger partial charge in [-0.15, -0.1) is 0 Å². The first-order valence-electron chi connectivity index (χ1n) is 7.68. The van der Waals surface area contributed by atoms with E-state index in [1.807, 2.05) is 0 Å². The third-order valence-electron chi connectivity index (χ3n) is 4.18. The average Bonchev–Trinajstić information content (AvgIpc) is 3.22. The molecule has 2 aliphatic carbocycles. The van der Waals surface area contributed by atoms with Gasteiger partial charge in [-0.2, -0.15) is 0 Å². The molecule has 0 aromatic rings. The number of hydrogen-bond acceptors (Lipinski definition) is 2. The van der Waals surface area contributed by atoms with Crippen LogP contribution < -0.4 is 5.32 Å². The molecule has 2 aliphatic rings. The Labute approximate surface area is 115 Å². The largest absolute Gasteiger partial charge is 0.481 e. The van der Waals surface area contributed by atoms with E-state index >= 15 is 0 Å². The van der Waals surface area contributed by atoms with Crippen LogP contribution >= 0.6 is 0 Å². The second-order valence-corrected chi connectivity index (χ2v) is 6.05. The Balaban J connectivity index is 1.50. The SMILES string of the molecule is O=C(O)CCCCCCNC(=O)C(C1CC1)C1CC1. The van der Waals surface area contributed by atoms with Gasteiger partial charge in [-0.3, -0.25) is 9.59 Å². The molecule has 0 saturated heterocycles. The lowest BCUT2D eigenvalue weighted by atomic mass is 9.97. The summed E-state index contributed by atoms with van der Waals surface area (Å²) in [7, 11) is 0. The molecule has 2 saturated carbocycles. The van der Waals surface area contributed by atoms with Crippen LogP contribution in [0.5, 0.6) is 0 Å². The third-order valence-corrected chi connectivity index (χ3v) is 4.18. The van der Waals surface area contributed by atoms with Gasteiger partial charge in [-0.1, -0.05) is 12.8 Å². The quantitative estimate of drug-likeness (QED) is 0.598. The van der Waals surface area contributed by atoms with Gasteiger partial charge in [0.05, 0.1) is 0 Å². The highest BCUT2D eigenvalue weighted by Gasteiger charge is 2.45. The summed E-state index contributed by atoms with van der Waals surface area (Å²) in [6.07, 6.45) is 8.88. The molecule has 108 valence electrons. The van der Waals surface area contributed by atoms with Crippen LogP contribution in [0.1, 0.15) is 57.8 Å². The third kappa shape index (κ3) is 5.21. The number of hydrogen-bond donors (Lipinski definition) is 2. The van der Waals surface area contributed by atoms with Crippen LogP contribution in [-0.2, 0) is 9.59 Å². The van der Waals surface area contributed by atoms with Crippen molar-refractivity contribution >= 4 is 11.9 Å². The number of carboxylic acid groups (broad SMARTS) is 1. The van der Waals surface area contributed by atoms with E-state index in [9.17, 15) is 9.59 Å². The van der Waals surface area contributed by atoms with Gasteiger partial charge in [0.25, 0.3) is 0 Å². The number of carbonyl (C=O) groups excluding carboxylic acids is 1. The number of nitrogens with one attached hydrogen (secondary N) is 1. The number of unbranched alkanes of at least 4 members (excludes halogenated alkanes) is 3. The van der Waals surface area contributed by atoms with Crippen LogP contribution in [0, 0.1) is 17.8 Å². The van der Waals surface area contributed by atoms with E-state index in [0.717, 1.165) is 32.2 Å². The van der Waals surface area contributed by atoms with E-state index in [1.54, 1.807) is 0 Å². The van der Waals surface area contributed by atoms with E-state index < -0.39 is 5.97 Å². The molecule has 2 rings (SSSR count). The van der Waals surface area contributed by atoms with Crippen molar-refractivity contribution in [1.29, 1.82) is 0 Å². The fourth-order valence-electron chi connectivity index (χ4n) is 2.81. The minimum absolute atomic E-state index is 0.262. The zero-order chi connectivity index (χ0) is 13.7. The molecule has 19 heavy (non-hydrogen) atoms. The van der Waals surface area contributed by atoms with Gasteiger partial charge in [0.15, 0.2) is 0 Å². The van der Waals surface area contributed by atoms with Crippen molar-refractivity contribution in [3.05, 3.63) is 0 Å². The molecule has 0 aromatic carbocycles. The van der Waals surface area contributed by atoms with Gasteiger partial charge >= 0.3 is 5.97 Å². The Morgan fingerprint density at radius 2 is 1.58 bits per heavy atom. The molecule has 0 bridgehead atoms. The van der Waals surface area contributed by atoms with Crippen molar-refractivity contribution in [2.24, 2.45) is 17.8 Å². The summed E-state index contributed by atoms with van der Waals surface area (Å²) in [4.78, 5) is 22.4. The zero-order valence-electron chi connectivity index (χ0n) is 11.6. The maximum absolute atomic E-state index is 12.1. The molecule has 0 atom stereocenters. The lowest BCUT2D eigenvalue weighted by molar-refractivity contribution is -0.137. The summed E-state index contributed by atoms with van der Waals surface area (Å²) in [5.41, 5.74) is 0. The van der Waals surface area contributed by atoms with Gasteiger partial charge in [0, 0.05) is 18.9 Å². The molecule has 2 N–H and O–H groups in total. The van der Waals surface area contributed by atoms with Crippen molar-refractivity contribution in [1.82, 2.24) is 5.32 Å². The van der Waals surface area contributed by atoms with Crippen LogP contribution in [0.4, 0.5) is 0 Å². The number of rotatable bonds is 10. The highest BCUT2D eigenvalue weighted by molar-refractivity contribution is 5.80. The molecule has 1 amide bonds. The van der Waals surface area contributed by atoms with Gasteiger partial charge in [0.1, 0.15) is 0 Å². The Kier molecular flexibility index (Phi) is 5.23. The fraction of sp³-hybridized carbons (Fsp3) is 0.867. The molecule has 0 heterocycles. The van der Waals surface area contributed by atoms with Crippen molar-refractivity contribution in [2.45, 2.75) is 57.8 Å². The zero-order valence-corrected chi connectivity index (χ0v) is 11.6. The van der Waals surface area contributed by atoms with E-state index in [4.69, 9.17) is 5.11 Å². The average molecular weight is 267 g/mol. The van der Waals surface area contributed by atoms with E-state index in [2.05, 4.69) is 5.32 Å². The number of aliphatic carboxylic acids is 1. The smallest absolute Gasteiger partial charge is 0.303 e. The van der Waals surface area contributed by atoms with Crippen LogP contribution in [0.2, 0.25) is 0 Å². The summed E-state index contributed by atoms with van der Waals surface area (Å²) < 4.78 is 0. The first-order valence-corrected chi connectivity index (χ1v) is 7.68. The molecule has 4 nitrogen and oxygen atoms in total. The maximum atomic E-state index is 12.1. The first-order chi connectivity index (χ1) is 9.18. The minimum Gasteiger partial charge on any atom is -0.481 e. The molecule has 4 heteroatoms. The predicted molar refractivity (Wildman–Crippen MR) is 72.7 cm³/mol. The van der Waals surface area contributed by atoms with Crippen LogP contribution in [-0.4, -0.2) is 23.5 Å². The molecule has 0 unspecified atom stereocenters. The monoisotopic (exact) mass is 267 g/mol. The van der Waals surface area contributed by atoms with Gasteiger partial charge in [-0.05, 0) is 50.4 Å².